The topological polar surface area (TPSA) is 59.3 Å². The van der Waals surface area contributed by atoms with E-state index in [1.807, 2.05) is 13.0 Å². The van der Waals surface area contributed by atoms with Crippen molar-refractivity contribution in [2.24, 2.45) is 0 Å². The molecule has 0 aliphatic rings. The Balaban J connectivity index is 3.19. The van der Waals surface area contributed by atoms with Crippen LogP contribution < -0.4 is 4.74 Å². The summed E-state index contributed by atoms with van der Waals surface area (Å²) in [5.41, 5.74) is 2.14. The number of benzene rings is 1. The number of nitriles is 1. The zero-order valence-corrected chi connectivity index (χ0v) is 10.2. The minimum Gasteiger partial charge on any atom is -0.495 e. The summed E-state index contributed by atoms with van der Waals surface area (Å²) in [6.45, 7) is 1.97. The predicted octanol–water partition coefficient (Wildman–Crippen LogP) is 1.84. The smallest absolute Gasteiger partial charge is 0.309 e. The van der Waals surface area contributed by atoms with E-state index < -0.39 is 0 Å². The summed E-state index contributed by atoms with van der Waals surface area (Å²) in [7, 11) is 2.88. The van der Waals surface area contributed by atoms with Crippen LogP contribution in [0.4, 0.5) is 0 Å². The van der Waals surface area contributed by atoms with E-state index in [0.717, 1.165) is 17.5 Å². The summed E-state index contributed by atoms with van der Waals surface area (Å²) >= 11 is 0. The lowest BCUT2D eigenvalue weighted by atomic mass is 10.0. The lowest BCUT2D eigenvalue weighted by molar-refractivity contribution is -0.139. The van der Waals surface area contributed by atoms with Gasteiger partial charge in [-0.3, -0.25) is 4.79 Å². The molecule has 0 atom stereocenters. The molecule has 0 N–H and O–H groups in total. The fourth-order valence-corrected chi connectivity index (χ4v) is 1.68. The van der Waals surface area contributed by atoms with Crippen LogP contribution in [0, 0.1) is 11.3 Å². The maximum Gasteiger partial charge on any atom is 0.309 e. The summed E-state index contributed by atoms with van der Waals surface area (Å²) in [6.07, 6.45) is 0.912. The molecule has 1 aromatic rings. The fraction of sp³-hybridized carbons (Fsp3) is 0.385. The molecule has 0 spiro atoms. The Morgan fingerprint density at radius 1 is 1.41 bits per heavy atom. The molecule has 0 saturated heterocycles. The Hall–Kier alpha value is -2.02. The molecule has 1 aromatic carbocycles. The fourth-order valence-electron chi connectivity index (χ4n) is 1.68. The molecule has 0 fully saturated rings. The first kappa shape index (κ1) is 13.0. The molecular formula is C13H15NO3. The third kappa shape index (κ3) is 2.97. The molecule has 4 heteroatoms. The Bertz CT molecular complexity index is 460. The number of ether oxygens (including phenoxy) is 2. The van der Waals surface area contributed by atoms with Gasteiger partial charge in [0.25, 0.3) is 0 Å². The number of rotatable bonds is 4. The zero-order valence-electron chi connectivity index (χ0n) is 10.2. The maximum absolute atomic E-state index is 11.2. The van der Waals surface area contributed by atoms with Gasteiger partial charge in [0.15, 0.2) is 0 Å². The van der Waals surface area contributed by atoms with Crippen molar-refractivity contribution in [3.63, 3.8) is 0 Å². The van der Waals surface area contributed by atoms with Gasteiger partial charge in [-0.2, -0.15) is 5.26 Å². The van der Waals surface area contributed by atoms with Gasteiger partial charge < -0.3 is 9.47 Å². The highest BCUT2D eigenvalue weighted by molar-refractivity contribution is 5.73. The number of carbonyl (C=O) groups is 1. The van der Waals surface area contributed by atoms with E-state index in [0.29, 0.717) is 11.3 Å². The van der Waals surface area contributed by atoms with Gasteiger partial charge >= 0.3 is 5.97 Å². The van der Waals surface area contributed by atoms with Crippen LogP contribution in [0.5, 0.6) is 5.75 Å². The van der Waals surface area contributed by atoms with Crippen LogP contribution in [0.3, 0.4) is 0 Å². The maximum atomic E-state index is 11.2. The van der Waals surface area contributed by atoms with Crippen molar-refractivity contribution in [2.45, 2.75) is 19.8 Å². The number of hydrogen-bond donors (Lipinski definition) is 0. The molecular weight excluding hydrogens is 218 g/mol. The first-order chi connectivity index (χ1) is 8.15. The van der Waals surface area contributed by atoms with Crippen LogP contribution in [0.15, 0.2) is 12.1 Å². The third-order valence-electron chi connectivity index (χ3n) is 2.51. The first-order valence-corrected chi connectivity index (χ1v) is 5.32. The van der Waals surface area contributed by atoms with Crippen molar-refractivity contribution >= 4 is 5.97 Å². The number of carbonyl (C=O) groups excluding carboxylic acids is 1. The summed E-state index contributed by atoms with van der Waals surface area (Å²) in [4.78, 5) is 11.2. The van der Waals surface area contributed by atoms with Crippen molar-refractivity contribution in [1.82, 2.24) is 0 Å². The van der Waals surface area contributed by atoms with Gasteiger partial charge in [0, 0.05) is 0 Å². The van der Waals surface area contributed by atoms with Crippen LogP contribution in [0.2, 0.25) is 0 Å². The van der Waals surface area contributed by atoms with E-state index in [1.165, 1.54) is 14.2 Å². The molecule has 0 amide bonds. The monoisotopic (exact) mass is 233 g/mol. The molecule has 17 heavy (non-hydrogen) atoms. The number of aryl methyl sites for hydroxylation is 1. The summed E-state index contributed by atoms with van der Waals surface area (Å²) in [6, 6.07) is 5.61. The van der Waals surface area contributed by atoms with Crippen molar-refractivity contribution in [3.05, 3.63) is 28.8 Å². The molecule has 0 radical (unpaired) electrons. The Morgan fingerprint density at radius 3 is 2.59 bits per heavy atom. The van der Waals surface area contributed by atoms with E-state index in [2.05, 4.69) is 10.8 Å². The van der Waals surface area contributed by atoms with E-state index in [9.17, 15) is 4.79 Å². The molecule has 0 unspecified atom stereocenters. The second-order valence-corrected chi connectivity index (χ2v) is 3.55. The largest absolute Gasteiger partial charge is 0.495 e. The molecule has 0 aliphatic carbocycles. The summed E-state index contributed by atoms with van der Waals surface area (Å²) in [5.74, 6) is 0.268. The van der Waals surface area contributed by atoms with Gasteiger partial charge in [-0.25, -0.2) is 0 Å². The second kappa shape index (κ2) is 5.90. The molecule has 4 nitrogen and oxygen atoms in total. The predicted molar refractivity (Wildman–Crippen MR) is 62.8 cm³/mol. The highest BCUT2D eigenvalue weighted by Gasteiger charge is 2.12. The number of hydrogen-bond acceptors (Lipinski definition) is 4. The average molecular weight is 233 g/mol. The molecule has 0 aliphatic heterocycles. The van der Waals surface area contributed by atoms with Crippen molar-refractivity contribution in [3.8, 4) is 11.8 Å². The summed E-state index contributed by atoms with van der Waals surface area (Å²) < 4.78 is 9.81. The molecule has 0 bridgehead atoms. The Morgan fingerprint density at radius 2 is 2.12 bits per heavy atom. The van der Waals surface area contributed by atoms with E-state index in [1.54, 1.807) is 6.07 Å². The Kier molecular flexibility index (Phi) is 4.53. The molecule has 0 heterocycles. The third-order valence-corrected chi connectivity index (χ3v) is 2.51. The summed E-state index contributed by atoms with van der Waals surface area (Å²) in [5, 5.41) is 9.04. The number of nitrogens with zero attached hydrogens (tertiary/aromatic N) is 1. The molecule has 90 valence electrons. The minimum atomic E-state index is -0.318. The molecule has 0 saturated carbocycles. The SMILES string of the molecule is CCc1cc(CC(=O)OC)cc(C#N)c1OC. The van der Waals surface area contributed by atoms with Gasteiger partial charge in [-0.1, -0.05) is 13.0 Å². The van der Waals surface area contributed by atoms with Crippen molar-refractivity contribution in [1.29, 1.82) is 5.26 Å². The van der Waals surface area contributed by atoms with Gasteiger partial charge in [0.1, 0.15) is 11.8 Å². The molecule has 0 aromatic heterocycles. The van der Waals surface area contributed by atoms with Crippen LogP contribution in [-0.2, 0) is 22.4 Å². The van der Waals surface area contributed by atoms with Crippen molar-refractivity contribution in [2.75, 3.05) is 14.2 Å². The quantitative estimate of drug-likeness (QED) is 0.744. The van der Waals surface area contributed by atoms with Crippen LogP contribution in [0.25, 0.3) is 0 Å². The van der Waals surface area contributed by atoms with E-state index in [-0.39, 0.29) is 12.4 Å². The first-order valence-electron chi connectivity index (χ1n) is 5.32. The van der Waals surface area contributed by atoms with Crippen LogP contribution in [-0.4, -0.2) is 20.2 Å². The Labute approximate surface area is 101 Å². The second-order valence-electron chi connectivity index (χ2n) is 3.55. The lowest BCUT2D eigenvalue weighted by Gasteiger charge is -2.11. The minimum absolute atomic E-state index is 0.169. The van der Waals surface area contributed by atoms with Gasteiger partial charge in [-0.15, -0.1) is 0 Å². The molecule has 1 rings (SSSR count). The van der Waals surface area contributed by atoms with E-state index >= 15 is 0 Å². The van der Waals surface area contributed by atoms with Crippen LogP contribution >= 0.6 is 0 Å². The van der Waals surface area contributed by atoms with Crippen LogP contribution in [0.1, 0.15) is 23.6 Å². The van der Waals surface area contributed by atoms with Gasteiger partial charge in [-0.05, 0) is 23.6 Å². The average Bonchev–Trinajstić information content (AvgIpc) is 2.37. The highest BCUT2D eigenvalue weighted by Crippen LogP contribution is 2.26. The van der Waals surface area contributed by atoms with Crippen molar-refractivity contribution < 1.29 is 14.3 Å². The number of esters is 1. The lowest BCUT2D eigenvalue weighted by Crippen LogP contribution is -2.06. The zero-order chi connectivity index (χ0) is 12.8. The number of methoxy groups -OCH3 is 2. The van der Waals surface area contributed by atoms with Gasteiger partial charge in [0.2, 0.25) is 0 Å². The van der Waals surface area contributed by atoms with Gasteiger partial charge in [0.05, 0.1) is 26.2 Å². The van der Waals surface area contributed by atoms with E-state index in [4.69, 9.17) is 10.00 Å². The standard InChI is InChI=1S/C13H15NO3/c1-4-10-5-9(7-12(15)16-2)6-11(8-14)13(10)17-3/h5-6H,4,7H2,1-3H3. The highest BCUT2D eigenvalue weighted by atomic mass is 16.5. The normalized spacial score (nSPS) is 9.53.